The SMILES string of the molecule is CS(=O)(=O)c1ccc(CN2C(=O)NC3(CCN(CC4CN(C(=O)C5CCC(F)(F)CC5)CC4c4ccccc4)CC3)C2=O)cc1.Cl. The number of nitrogens with zero attached hydrogens (tertiary/aromatic N) is 3. The van der Waals surface area contributed by atoms with E-state index in [2.05, 4.69) is 22.3 Å². The number of halogens is 3. The van der Waals surface area contributed by atoms with Crippen molar-refractivity contribution in [2.45, 2.75) is 67.3 Å². The van der Waals surface area contributed by atoms with Crippen LogP contribution >= 0.6 is 12.4 Å². The minimum atomic E-state index is -3.35. The highest BCUT2D eigenvalue weighted by atomic mass is 35.5. The molecule has 250 valence electrons. The molecule has 1 N–H and O–H groups in total. The first kappa shape index (κ1) is 34.3. The molecule has 1 spiro atoms. The lowest BCUT2D eigenvalue weighted by Crippen LogP contribution is -2.55. The molecule has 46 heavy (non-hydrogen) atoms. The maximum atomic E-state index is 13.8. The Bertz CT molecular complexity index is 1540. The van der Waals surface area contributed by atoms with Gasteiger partial charge in [-0.1, -0.05) is 42.5 Å². The van der Waals surface area contributed by atoms with Crippen LogP contribution in [-0.2, 0) is 26.0 Å². The van der Waals surface area contributed by atoms with Gasteiger partial charge in [-0.05, 0) is 54.9 Å². The van der Waals surface area contributed by atoms with Crippen molar-refractivity contribution in [3.05, 3.63) is 65.7 Å². The maximum Gasteiger partial charge on any atom is 0.325 e. The van der Waals surface area contributed by atoms with E-state index < -0.39 is 27.3 Å². The van der Waals surface area contributed by atoms with Gasteiger partial charge in [0.05, 0.1) is 11.4 Å². The number of rotatable bonds is 7. The van der Waals surface area contributed by atoms with Gasteiger partial charge >= 0.3 is 6.03 Å². The van der Waals surface area contributed by atoms with Crippen LogP contribution in [0.3, 0.4) is 0 Å². The number of nitrogens with one attached hydrogen (secondary N) is 1. The van der Waals surface area contributed by atoms with Crippen molar-refractivity contribution < 1.29 is 31.6 Å². The number of carbonyl (C=O) groups excluding carboxylic acids is 3. The summed E-state index contributed by atoms with van der Waals surface area (Å²) in [6.07, 6.45) is 2.02. The van der Waals surface area contributed by atoms with Gasteiger partial charge in [0.15, 0.2) is 9.84 Å². The maximum absolute atomic E-state index is 13.8. The molecule has 4 aliphatic rings. The lowest BCUT2D eigenvalue weighted by molar-refractivity contribution is -0.139. The molecule has 2 aromatic carbocycles. The zero-order chi connectivity index (χ0) is 32.0. The number of carbonyl (C=O) groups is 3. The summed E-state index contributed by atoms with van der Waals surface area (Å²) >= 11 is 0. The second kappa shape index (κ2) is 13.2. The van der Waals surface area contributed by atoms with E-state index in [1.807, 2.05) is 23.1 Å². The van der Waals surface area contributed by atoms with E-state index in [0.717, 1.165) is 18.4 Å². The number of benzene rings is 2. The van der Waals surface area contributed by atoms with Gasteiger partial charge in [0.25, 0.3) is 5.91 Å². The summed E-state index contributed by atoms with van der Waals surface area (Å²) in [5.41, 5.74) is 0.842. The van der Waals surface area contributed by atoms with Crippen LogP contribution in [0.25, 0.3) is 0 Å². The largest absolute Gasteiger partial charge is 0.341 e. The predicted molar refractivity (Wildman–Crippen MR) is 170 cm³/mol. The lowest BCUT2D eigenvalue weighted by atomic mass is 9.85. The molecule has 3 aliphatic heterocycles. The Morgan fingerprint density at radius 3 is 2.17 bits per heavy atom. The van der Waals surface area contributed by atoms with Crippen molar-refractivity contribution in [1.82, 2.24) is 20.0 Å². The highest BCUT2D eigenvalue weighted by molar-refractivity contribution is 7.90. The Kier molecular flexibility index (Phi) is 9.82. The van der Waals surface area contributed by atoms with Crippen LogP contribution in [0.15, 0.2) is 59.5 Å². The van der Waals surface area contributed by atoms with E-state index in [1.54, 1.807) is 12.1 Å². The van der Waals surface area contributed by atoms with Crippen molar-refractivity contribution in [2.24, 2.45) is 11.8 Å². The number of imide groups is 1. The molecule has 2 unspecified atom stereocenters. The Labute approximate surface area is 275 Å². The smallest absolute Gasteiger partial charge is 0.325 e. The summed E-state index contributed by atoms with van der Waals surface area (Å²) in [7, 11) is -3.35. The van der Waals surface area contributed by atoms with Gasteiger partial charge in [-0.25, -0.2) is 22.0 Å². The number of urea groups is 1. The molecular formula is C33H41ClF2N4O5S. The average Bonchev–Trinajstić information content (AvgIpc) is 3.53. The normalized spacial score (nSPS) is 25.0. The van der Waals surface area contributed by atoms with Gasteiger partial charge in [0.2, 0.25) is 11.8 Å². The Balaban J connectivity index is 0.00000417. The van der Waals surface area contributed by atoms with Gasteiger partial charge in [0.1, 0.15) is 5.54 Å². The fraction of sp³-hybridized carbons (Fsp3) is 0.545. The Morgan fingerprint density at radius 2 is 1.57 bits per heavy atom. The summed E-state index contributed by atoms with van der Waals surface area (Å²) in [4.78, 5) is 45.5. The topological polar surface area (TPSA) is 107 Å². The highest BCUT2D eigenvalue weighted by Crippen LogP contribution is 2.40. The van der Waals surface area contributed by atoms with Gasteiger partial charge in [-0.15, -0.1) is 12.4 Å². The molecule has 6 rings (SSSR count). The molecule has 0 aromatic heterocycles. The minimum absolute atomic E-state index is 0. The third kappa shape index (κ3) is 7.08. The summed E-state index contributed by atoms with van der Waals surface area (Å²) in [6, 6.07) is 15.8. The molecule has 9 nitrogen and oxygen atoms in total. The standard InChI is InChI=1S/C33H40F2N4O5S.ClH/c1-45(43,44)27-9-7-23(8-10-27)19-39-30(41)32(36-31(39)42)15-17-37(18-16-32)20-26-21-38(22-28(26)24-5-3-2-4-6-24)29(40)25-11-13-33(34,35)14-12-25;/h2-10,25-26,28H,11-22H2,1H3,(H,36,42);1H. The second-order valence-corrected chi connectivity index (χ2v) is 15.3. The molecule has 13 heteroatoms. The Morgan fingerprint density at radius 1 is 0.935 bits per heavy atom. The molecule has 1 aliphatic carbocycles. The minimum Gasteiger partial charge on any atom is -0.341 e. The summed E-state index contributed by atoms with van der Waals surface area (Å²) in [5, 5.41) is 2.95. The molecule has 2 atom stereocenters. The van der Waals surface area contributed by atoms with Crippen LogP contribution in [-0.4, -0.2) is 91.4 Å². The first-order chi connectivity index (χ1) is 21.3. The van der Waals surface area contributed by atoms with Crippen LogP contribution in [0.1, 0.15) is 55.6 Å². The molecule has 4 amide bonds. The predicted octanol–water partition coefficient (Wildman–Crippen LogP) is 4.47. The second-order valence-electron chi connectivity index (χ2n) is 13.3. The number of piperidine rings is 1. The molecule has 2 aromatic rings. The van der Waals surface area contributed by atoms with Crippen molar-refractivity contribution in [3.63, 3.8) is 0 Å². The number of amides is 4. The van der Waals surface area contributed by atoms with Crippen LogP contribution < -0.4 is 5.32 Å². The molecule has 0 radical (unpaired) electrons. The fourth-order valence-corrected chi connectivity index (χ4v) is 8.12. The zero-order valence-corrected chi connectivity index (χ0v) is 27.5. The Hall–Kier alpha value is -3.09. The van der Waals surface area contributed by atoms with Gasteiger partial charge in [0, 0.05) is 63.7 Å². The molecular weight excluding hydrogens is 638 g/mol. The van der Waals surface area contributed by atoms with Crippen LogP contribution in [0.2, 0.25) is 0 Å². The lowest BCUT2D eigenvalue weighted by Gasteiger charge is -2.39. The van der Waals surface area contributed by atoms with E-state index in [4.69, 9.17) is 0 Å². The first-order valence-electron chi connectivity index (χ1n) is 15.7. The summed E-state index contributed by atoms with van der Waals surface area (Å²) < 4.78 is 51.1. The van der Waals surface area contributed by atoms with Crippen molar-refractivity contribution in [2.75, 3.05) is 39.0 Å². The van der Waals surface area contributed by atoms with Gasteiger partial charge < -0.3 is 15.1 Å². The van der Waals surface area contributed by atoms with Crippen LogP contribution in [0, 0.1) is 11.8 Å². The first-order valence-corrected chi connectivity index (χ1v) is 17.6. The quantitative estimate of drug-likeness (QED) is 0.434. The van der Waals surface area contributed by atoms with Crippen LogP contribution in [0.5, 0.6) is 0 Å². The third-order valence-electron chi connectivity index (χ3n) is 10.2. The highest BCUT2D eigenvalue weighted by Gasteiger charge is 2.52. The number of hydrogen-bond donors (Lipinski definition) is 1. The summed E-state index contributed by atoms with van der Waals surface area (Å²) in [5.74, 6) is -3.05. The molecule has 1 saturated carbocycles. The van der Waals surface area contributed by atoms with Crippen LogP contribution in [0.4, 0.5) is 13.6 Å². The van der Waals surface area contributed by atoms with Crippen molar-refractivity contribution in [1.29, 1.82) is 0 Å². The molecule has 0 bridgehead atoms. The molecule has 4 fully saturated rings. The monoisotopic (exact) mass is 678 g/mol. The van der Waals surface area contributed by atoms with E-state index in [1.165, 1.54) is 17.0 Å². The van der Waals surface area contributed by atoms with E-state index in [9.17, 15) is 31.6 Å². The number of alkyl halides is 2. The zero-order valence-electron chi connectivity index (χ0n) is 25.9. The average molecular weight is 679 g/mol. The van der Waals surface area contributed by atoms with E-state index in [0.29, 0.717) is 44.6 Å². The molecule has 3 heterocycles. The number of hydrogen-bond acceptors (Lipinski definition) is 6. The van der Waals surface area contributed by atoms with E-state index in [-0.39, 0.29) is 79.1 Å². The van der Waals surface area contributed by atoms with E-state index >= 15 is 0 Å². The molecule has 3 saturated heterocycles. The number of likely N-dealkylation sites (tertiary alicyclic amines) is 2. The van der Waals surface area contributed by atoms with Gasteiger partial charge in [-0.3, -0.25) is 14.5 Å². The fourth-order valence-electron chi connectivity index (χ4n) is 7.49. The number of sulfone groups is 1. The van der Waals surface area contributed by atoms with Crippen molar-refractivity contribution in [3.8, 4) is 0 Å². The van der Waals surface area contributed by atoms with Gasteiger partial charge in [-0.2, -0.15) is 0 Å². The van der Waals surface area contributed by atoms with Crippen molar-refractivity contribution >= 4 is 40.1 Å². The third-order valence-corrected chi connectivity index (χ3v) is 11.3. The summed E-state index contributed by atoms with van der Waals surface area (Å²) in [6.45, 7) is 3.12.